The van der Waals surface area contributed by atoms with Crippen molar-refractivity contribution in [1.29, 1.82) is 0 Å². The van der Waals surface area contributed by atoms with E-state index in [2.05, 4.69) is 72.4 Å². The molecule has 0 saturated heterocycles. The summed E-state index contributed by atoms with van der Waals surface area (Å²) in [6.07, 6.45) is 4.80. The highest BCUT2D eigenvalue weighted by molar-refractivity contribution is 5.89. The molecule has 1 aliphatic carbocycles. The van der Waals surface area contributed by atoms with Gasteiger partial charge in [-0.15, -0.1) is 0 Å². The van der Waals surface area contributed by atoms with E-state index in [1.807, 2.05) is 12.1 Å². The number of para-hydroxylation sites is 1. The minimum atomic E-state index is 0.0416. The van der Waals surface area contributed by atoms with E-state index in [4.69, 9.17) is 4.42 Å². The third kappa shape index (κ3) is 3.54. The van der Waals surface area contributed by atoms with E-state index >= 15 is 0 Å². The molecule has 4 nitrogen and oxygen atoms in total. The van der Waals surface area contributed by atoms with Gasteiger partial charge in [0.25, 0.3) is 0 Å². The zero-order valence-electron chi connectivity index (χ0n) is 17.4. The molecule has 0 radical (unpaired) electrons. The van der Waals surface area contributed by atoms with Gasteiger partial charge in [-0.3, -0.25) is 4.79 Å². The van der Waals surface area contributed by atoms with E-state index in [0.29, 0.717) is 6.54 Å². The van der Waals surface area contributed by atoms with Gasteiger partial charge in [0, 0.05) is 29.6 Å². The number of nitrogens with zero attached hydrogens (tertiary/aromatic N) is 1. The molecular weight excluding hydrogens is 372 g/mol. The maximum atomic E-state index is 12.6. The van der Waals surface area contributed by atoms with Gasteiger partial charge in [0.15, 0.2) is 0 Å². The SMILES string of the molecule is Cc1ccc(C)c(Cn2cc([C@H]3C[C@@H]3C(=O)NCc3ccco3)c3ccccc32)c1. The second-order valence-electron chi connectivity index (χ2n) is 8.41. The van der Waals surface area contributed by atoms with Gasteiger partial charge in [-0.2, -0.15) is 0 Å². The monoisotopic (exact) mass is 398 g/mol. The molecule has 1 amide bonds. The number of fused-ring (bicyclic) bond motifs is 1. The van der Waals surface area contributed by atoms with Crippen LogP contribution in [0.4, 0.5) is 0 Å². The van der Waals surface area contributed by atoms with Gasteiger partial charge in [-0.1, -0.05) is 42.0 Å². The fourth-order valence-electron chi connectivity index (χ4n) is 4.40. The van der Waals surface area contributed by atoms with E-state index in [1.54, 1.807) is 6.26 Å². The molecule has 1 N–H and O–H groups in total. The highest BCUT2D eigenvalue weighted by Crippen LogP contribution is 2.50. The third-order valence-corrected chi connectivity index (χ3v) is 6.21. The summed E-state index contributed by atoms with van der Waals surface area (Å²) < 4.78 is 7.65. The van der Waals surface area contributed by atoms with E-state index in [9.17, 15) is 4.79 Å². The smallest absolute Gasteiger partial charge is 0.224 e. The Morgan fingerprint density at radius 2 is 2.00 bits per heavy atom. The Hall–Kier alpha value is -3.27. The topological polar surface area (TPSA) is 47.2 Å². The molecule has 1 aliphatic rings. The second-order valence-corrected chi connectivity index (χ2v) is 8.41. The van der Waals surface area contributed by atoms with Crippen molar-refractivity contribution in [3.05, 3.63) is 95.1 Å². The van der Waals surface area contributed by atoms with Crippen molar-refractivity contribution in [3.8, 4) is 0 Å². The van der Waals surface area contributed by atoms with Crippen LogP contribution in [0.25, 0.3) is 10.9 Å². The molecule has 2 aromatic heterocycles. The number of aromatic nitrogens is 1. The first kappa shape index (κ1) is 18.7. The summed E-state index contributed by atoms with van der Waals surface area (Å²) >= 11 is 0. The highest BCUT2D eigenvalue weighted by atomic mass is 16.3. The van der Waals surface area contributed by atoms with Crippen LogP contribution >= 0.6 is 0 Å². The molecule has 152 valence electrons. The Labute approximate surface area is 176 Å². The minimum absolute atomic E-state index is 0.0416. The van der Waals surface area contributed by atoms with Crippen LogP contribution < -0.4 is 5.32 Å². The maximum absolute atomic E-state index is 12.6. The number of carbonyl (C=O) groups is 1. The van der Waals surface area contributed by atoms with Gasteiger partial charge in [-0.25, -0.2) is 0 Å². The summed E-state index contributed by atoms with van der Waals surface area (Å²) in [6.45, 7) is 5.60. The number of amides is 1. The van der Waals surface area contributed by atoms with Gasteiger partial charge in [0.2, 0.25) is 5.91 Å². The van der Waals surface area contributed by atoms with Crippen molar-refractivity contribution in [1.82, 2.24) is 9.88 Å². The number of rotatable bonds is 6. The van der Waals surface area contributed by atoms with Gasteiger partial charge < -0.3 is 14.3 Å². The molecule has 1 fully saturated rings. The lowest BCUT2D eigenvalue weighted by atomic mass is 10.1. The van der Waals surface area contributed by atoms with Crippen molar-refractivity contribution >= 4 is 16.8 Å². The standard InChI is InChI=1S/C26H26N2O2/c1-17-9-10-18(2)19(12-17)15-28-16-24(21-7-3-4-8-25(21)28)22-13-23(22)26(29)27-14-20-6-5-11-30-20/h3-12,16,22-23H,13-15H2,1-2H3,(H,27,29)/t22-,23-/m0/s1. The fourth-order valence-corrected chi connectivity index (χ4v) is 4.40. The van der Waals surface area contributed by atoms with Gasteiger partial charge >= 0.3 is 0 Å². The first-order chi connectivity index (χ1) is 14.6. The van der Waals surface area contributed by atoms with Crippen LogP contribution in [0.15, 0.2) is 71.5 Å². The number of hydrogen-bond donors (Lipinski definition) is 1. The number of nitrogens with one attached hydrogen (secondary N) is 1. The summed E-state index contributed by atoms with van der Waals surface area (Å²) in [5, 5.41) is 4.27. The van der Waals surface area contributed by atoms with Crippen LogP contribution in [0, 0.1) is 19.8 Å². The molecule has 2 atom stereocenters. The Balaban J connectivity index is 1.38. The summed E-state index contributed by atoms with van der Waals surface area (Å²) in [7, 11) is 0. The quantitative estimate of drug-likeness (QED) is 0.478. The maximum Gasteiger partial charge on any atom is 0.224 e. The van der Waals surface area contributed by atoms with Gasteiger partial charge in [0.1, 0.15) is 5.76 Å². The molecule has 2 aromatic carbocycles. The van der Waals surface area contributed by atoms with Crippen LogP contribution in [0.5, 0.6) is 0 Å². The summed E-state index contributed by atoms with van der Waals surface area (Å²) in [5.74, 6) is 1.22. The number of aryl methyl sites for hydroxylation is 2. The van der Waals surface area contributed by atoms with Gasteiger partial charge in [-0.05, 0) is 61.1 Å². The van der Waals surface area contributed by atoms with Crippen molar-refractivity contribution in [2.45, 2.75) is 39.3 Å². The lowest BCUT2D eigenvalue weighted by Crippen LogP contribution is -2.24. The van der Waals surface area contributed by atoms with E-state index < -0.39 is 0 Å². The van der Waals surface area contributed by atoms with Crippen molar-refractivity contribution in [2.75, 3.05) is 0 Å². The van der Waals surface area contributed by atoms with Crippen molar-refractivity contribution in [3.63, 3.8) is 0 Å². The van der Waals surface area contributed by atoms with Crippen LogP contribution in [0.3, 0.4) is 0 Å². The highest BCUT2D eigenvalue weighted by Gasteiger charge is 2.45. The molecule has 5 rings (SSSR count). The normalized spacial score (nSPS) is 17.9. The Morgan fingerprint density at radius 1 is 1.13 bits per heavy atom. The number of furan rings is 1. The van der Waals surface area contributed by atoms with E-state index in [0.717, 1.165) is 18.7 Å². The van der Waals surface area contributed by atoms with Gasteiger partial charge in [0.05, 0.1) is 12.8 Å². The average Bonchev–Trinajstić information content (AvgIpc) is 3.20. The molecule has 1 saturated carbocycles. The first-order valence-electron chi connectivity index (χ1n) is 10.5. The number of benzene rings is 2. The van der Waals surface area contributed by atoms with Crippen LogP contribution in [-0.2, 0) is 17.9 Å². The minimum Gasteiger partial charge on any atom is -0.467 e. The average molecular weight is 399 g/mol. The molecule has 0 aliphatic heterocycles. The lowest BCUT2D eigenvalue weighted by molar-refractivity contribution is -0.122. The molecule has 4 aromatic rings. The summed E-state index contributed by atoms with van der Waals surface area (Å²) in [6, 6.07) is 18.9. The Kier molecular flexibility index (Phi) is 4.70. The molecular formula is C26H26N2O2. The molecule has 0 bridgehead atoms. The third-order valence-electron chi connectivity index (χ3n) is 6.21. The first-order valence-corrected chi connectivity index (χ1v) is 10.5. The van der Waals surface area contributed by atoms with Crippen LogP contribution in [0.1, 0.15) is 40.4 Å². The van der Waals surface area contributed by atoms with Crippen molar-refractivity contribution in [2.24, 2.45) is 5.92 Å². The molecule has 0 spiro atoms. The Morgan fingerprint density at radius 3 is 2.83 bits per heavy atom. The lowest BCUT2D eigenvalue weighted by Gasteiger charge is -2.09. The zero-order valence-corrected chi connectivity index (χ0v) is 17.4. The zero-order chi connectivity index (χ0) is 20.7. The number of carbonyl (C=O) groups excluding carboxylic acids is 1. The molecule has 30 heavy (non-hydrogen) atoms. The van der Waals surface area contributed by atoms with E-state index in [-0.39, 0.29) is 17.7 Å². The molecule has 2 heterocycles. The van der Waals surface area contributed by atoms with Crippen LogP contribution in [0.2, 0.25) is 0 Å². The summed E-state index contributed by atoms with van der Waals surface area (Å²) in [5.41, 5.74) is 6.44. The predicted molar refractivity (Wildman–Crippen MR) is 118 cm³/mol. The van der Waals surface area contributed by atoms with E-state index in [1.165, 1.54) is 33.2 Å². The number of hydrogen-bond acceptors (Lipinski definition) is 2. The predicted octanol–water partition coefficient (Wildman–Crippen LogP) is 5.32. The second kappa shape index (κ2) is 7.52. The Bertz CT molecular complexity index is 1200. The molecule has 0 unspecified atom stereocenters. The van der Waals surface area contributed by atoms with Crippen LogP contribution in [-0.4, -0.2) is 10.5 Å². The van der Waals surface area contributed by atoms with Crippen molar-refractivity contribution < 1.29 is 9.21 Å². The molecule has 4 heteroatoms. The largest absolute Gasteiger partial charge is 0.467 e. The fraction of sp³-hybridized carbons (Fsp3) is 0.269. The summed E-state index contributed by atoms with van der Waals surface area (Å²) in [4.78, 5) is 12.6.